The lowest BCUT2D eigenvalue weighted by Crippen LogP contribution is -2.50. The van der Waals surface area contributed by atoms with E-state index in [4.69, 9.17) is 11.6 Å². The summed E-state index contributed by atoms with van der Waals surface area (Å²) in [6, 6.07) is 8.02. The van der Waals surface area contributed by atoms with Gasteiger partial charge in [-0.25, -0.2) is 18.4 Å². The quantitative estimate of drug-likeness (QED) is 0.304. The number of aryl methyl sites for hydroxylation is 1. The third-order valence-electron chi connectivity index (χ3n) is 6.10. The Hall–Kier alpha value is -3.74. The van der Waals surface area contributed by atoms with Gasteiger partial charge < -0.3 is 20.2 Å². The van der Waals surface area contributed by atoms with Gasteiger partial charge in [-0.1, -0.05) is 11.6 Å². The number of hydrogen-bond donors (Lipinski definition) is 2. The van der Waals surface area contributed by atoms with Crippen LogP contribution in [0.5, 0.6) is 5.75 Å². The number of rotatable bonds is 4. The molecule has 3 aromatic heterocycles. The Morgan fingerprint density at radius 1 is 1.11 bits per heavy atom. The van der Waals surface area contributed by atoms with Crippen LogP contribution in [0.1, 0.15) is 16.3 Å². The molecule has 0 bridgehead atoms. The minimum atomic E-state index is -4.03. The Bertz CT molecular complexity index is 1580. The lowest BCUT2D eigenvalue weighted by molar-refractivity contribution is -0.612. The summed E-state index contributed by atoms with van der Waals surface area (Å²) < 4.78 is 28.3. The predicted octanol–water partition coefficient (Wildman–Crippen LogP) is 2.07. The van der Waals surface area contributed by atoms with Crippen LogP contribution in [0.3, 0.4) is 0 Å². The molecule has 1 saturated heterocycles. The first-order valence-electron chi connectivity index (χ1n) is 11.0. The number of fused-ring (bicyclic) bond motifs is 1. The van der Waals surface area contributed by atoms with Crippen LogP contribution in [-0.2, 0) is 10.0 Å². The maximum atomic E-state index is 13.2. The number of carbonyl (C=O) groups excluding carboxylic acids is 1. The van der Waals surface area contributed by atoms with Crippen LogP contribution in [0.15, 0.2) is 53.9 Å². The molecule has 0 unspecified atom stereocenters. The van der Waals surface area contributed by atoms with E-state index in [2.05, 4.69) is 15.0 Å². The zero-order valence-corrected chi connectivity index (χ0v) is 20.6. The van der Waals surface area contributed by atoms with E-state index in [1.165, 1.54) is 33.9 Å². The number of hydrogen-bond acceptors (Lipinski definition) is 7. The highest BCUT2D eigenvalue weighted by Crippen LogP contribution is 2.35. The van der Waals surface area contributed by atoms with Crippen molar-refractivity contribution in [1.29, 1.82) is 0 Å². The zero-order chi connectivity index (χ0) is 25.6. The van der Waals surface area contributed by atoms with Crippen molar-refractivity contribution < 1.29 is 23.0 Å². The van der Waals surface area contributed by atoms with Crippen molar-refractivity contribution in [3.05, 3.63) is 70.7 Å². The van der Waals surface area contributed by atoms with E-state index >= 15 is 0 Å². The molecule has 0 spiro atoms. The molecule has 0 radical (unpaired) electrons. The van der Waals surface area contributed by atoms with Crippen molar-refractivity contribution in [2.45, 2.75) is 11.9 Å². The number of pyridine rings is 1. The van der Waals surface area contributed by atoms with E-state index in [9.17, 15) is 23.5 Å². The van der Waals surface area contributed by atoms with Gasteiger partial charge in [0.05, 0.1) is 5.52 Å². The Kier molecular flexibility index (Phi) is 6.02. The van der Waals surface area contributed by atoms with Crippen molar-refractivity contribution in [2.24, 2.45) is 0 Å². The topological polar surface area (TPSA) is 146 Å². The summed E-state index contributed by atoms with van der Waals surface area (Å²) in [5.41, 5.74) is 2.37. The van der Waals surface area contributed by atoms with Gasteiger partial charge in [0, 0.05) is 73.6 Å². The molecule has 11 nitrogen and oxygen atoms in total. The molecule has 4 heterocycles. The highest BCUT2D eigenvalue weighted by molar-refractivity contribution is 7.89. The summed E-state index contributed by atoms with van der Waals surface area (Å²) in [4.78, 5) is 25.5. The number of nitrogens with one attached hydrogen (secondary N) is 1. The first kappa shape index (κ1) is 24.0. The van der Waals surface area contributed by atoms with Crippen LogP contribution in [0.25, 0.3) is 22.0 Å². The highest BCUT2D eigenvalue weighted by Gasteiger charge is 2.34. The van der Waals surface area contributed by atoms with Crippen LogP contribution in [0.4, 0.5) is 0 Å². The Balaban J connectivity index is 1.28. The van der Waals surface area contributed by atoms with Gasteiger partial charge in [-0.15, -0.1) is 0 Å². The number of piperazine rings is 1. The fourth-order valence-electron chi connectivity index (χ4n) is 4.08. The SMILES string of the molecule is Cc1cc(-c2cnc(C(=O)N3CCN(S(=O)(=O)c4[nH]c5ccc(Cl)cc5c4O)CC3)nc2)cc[n+]1[O-]. The van der Waals surface area contributed by atoms with E-state index in [-0.39, 0.29) is 37.0 Å². The molecule has 2 N–H and O–H groups in total. The second kappa shape index (κ2) is 9.04. The van der Waals surface area contributed by atoms with E-state index in [0.717, 1.165) is 10.3 Å². The number of H-pyrrole nitrogens is 1. The average Bonchev–Trinajstić information content (AvgIpc) is 3.22. The summed E-state index contributed by atoms with van der Waals surface area (Å²) in [6.07, 6.45) is 4.41. The molecule has 1 aliphatic heterocycles. The van der Waals surface area contributed by atoms with Crippen LogP contribution in [-0.4, -0.2) is 69.8 Å². The summed E-state index contributed by atoms with van der Waals surface area (Å²) in [7, 11) is -4.03. The number of benzene rings is 1. The second-order valence-electron chi connectivity index (χ2n) is 8.37. The first-order valence-corrected chi connectivity index (χ1v) is 12.8. The molecule has 1 aliphatic rings. The highest BCUT2D eigenvalue weighted by atomic mass is 35.5. The van der Waals surface area contributed by atoms with Crippen LogP contribution in [0, 0.1) is 12.1 Å². The molecule has 4 aromatic rings. The Morgan fingerprint density at radius 2 is 1.81 bits per heavy atom. The van der Waals surface area contributed by atoms with Gasteiger partial charge in [0.1, 0.15) is 0 Å². The predicted molar refractivity (Wildman–Crippen MR) is 131 cm³/mol. The summed E-state index contributed by atoms with van der Waals surface area (Å²) >= 11 is 5.97. The number of aromatic nitrogens is 4. The maximum Gasteiger partial charge on any atom is 0.291 e. The van der Waals surface area contributed by atoms with E-state index in [1.54, 1.807) is 31.2 Å². The van der Waals surface area contributed by atoms with Crippen molar-refractivity contribution in [2.75, 3.05) is 26.2 Å². The number of sulfonamides is 1. The first-order chi connectivity index (χ1) is 17.1. The van der Waals surface area contributed by atoms with Crippen molar-refractivity contribution in [3.8, 4) is 16.9 Å². The third kappa shape index (κ3) is 4.23. The average molecular weight is 529 g/mol. The molecule has 186 valence electrons. The molecule has 36 heavy (non-hydrogen) atoms. The van der Waals surface area contributed by atoms with Gasteiger partial charge in [0.15, 0.2) is 22.7 Å². The standard InChI is InChI=1S/C23H21ClN6O5S/c1-14-10-15(4-5-30(14)33)16-12-25-21(26-13-16)23(32)28-6-8-29(9-7-28)36(34,35)22-20(31)18-11-17(24)2-3-19(18)27-22/h2-5,10-13,27,31H,6-9H2,1H3. The van der Waals surface area contributed by atoms with Crippen molar-refractivity contribution in [3.63, 3.8) is 0 Å². The molecule has 0 aliphatic carbocycles. The molecule has 13 heteroatoms. The zero-order valence-electron chi connectivity index (χ0n) is 19.0. The van der Waals surface area contributed by atoms with Gasteiger partial charge >= 0.3 is 0 Å². The third-order valence-corrected chi connectivity index (χ3v) is 8.19. The van der Waals surface area contributed by atoms with E-state index in [0.29, 0.717) is 27.2 Å². The number of nitrogens with zero attached hydrogens (tertiary/aromatic N) is 5. The van der Waals surface area contributed by atoms with Crippen molar-refractivity contribution >= 4 is 38.4 Å². The monoisotopic (exact) mass is 528 g/mol. The Morgan fingerprint density at radius 3 is 2.47 bits per heavy atom. The maximum absolute atomic E-state index is 13.2. The fraction of sp³-hybridized carbons (Fsp3) is 0.217. The number of halogens is 1. The van der Waals surface area contributed by atoms with Crippen LogP contribution < -0.4 is 4.73 Å². The van der Waals surface area contributed by atoms with E-state index in [1.807, 2.05) is 0 Å². The normalized spacial score (nSPS) is 14.9. The van der Waals surface area contributed by atoms with Crippen molar-refractivity contribution in [1.82, 2.24) is 24.2 Å². The minimum Gasteiger partial charge on any atom is -0.619 e. The molecule has 0 saturated carbocycles. The van der Waals surface area contributed by atoms with Gasteiger partial charge in [0.2, 0.25) is 5.82 Å². The largest absolute Gasteiger partial charge is 0.619 e. The number of aromatic hydroxyl groups is 1. The lowest BCUT2D eigenvalue weighted by Gasteiger charge is -2.33. The molecule has 1 amide bonds. The molecule has 1 fully saturated rings. The van der Waals surface area contributed by atoms with Gasteiger partial charge in [-0.2, -0.15) is 9.04 Å². The molecule has 0 atom stereocenters. The molecule has 5 rings (SSSR count). The minimum absolute atomic E-state index is 0.00765. The summed E-state index contributed by atoms with van der Waals surface area (Å²) in [5.74, 6) is -0.812. The number of amides is 1. The molecular formula is C23H21ClN6O5S. The van der Waals surface area contributed by atoms with E-state index < -0.39 is 21.7 Å². The van der Waals surface area contributed by atoms with Crippen LogP contribution in [0.2, 0.25) is 5.02 Å². The molecule has 1 aromatic carbocycles. The number of aromatic amines is 1. The van der Waals surface area contributed by atoms with Crippen LogP contribution >= 0.6 is 11.6 Å². The summed E-state index contributed by atoms with van der Waals surface area (Å²) in [5, 5.41) is 22.4. The lowest BCUT2D eigenvalue weighted by atomic mass is 10.1. The summed E-state index contributed by atoms with van der Waals surface area (Å²) in [6.45, 7) is 2.04. The molecular weight excluding hydrogens is 508 g/mol. The van der Waals surface area contributed by atoms with Gasteiger partial charge in [0.25, 0.3) is 15.9 Å². The van der Waals surface area contributed by atoms with Gasteiger partial charge in [-0.3, -0.25) is 4.79 Å². The fourth-order valence-corrected chi connectivity index (χ4v) is 5.75. The number of carbonyl (C=O) groups is 1. The smallest absolute Gasteiger partial charge is 0.291 e. The second-order valence-corrected chi connectivity index (χ2v) is 10.7. The van der Waals surface area contributed by atoms with Gasteiger partial charge in [-0.05, 0) is 23.8 Å². The Labute approximate surface area is 211 Å².